The lowest BCUT2D eigenvalue weighted by Gasteiger charge is -2.30. The van der Waals surface area contributed by atoms with E-state index in [1.54, 1.807) is 0 Å². The molecule has 0 bridgehead atoms. The zero-order chi connectivity index (χ0) is 34.2. The van der Waals surface area contributed by atoms with Gasteiger partial charge in [-0.15, -0.1) is 0 Å². The largest absolute Gasteiger partial charge is 0.333 e. The number of nitrogens with zero attached hydrogens (tertiary/aromatic N) is 2. The molecule has 0 spiro atoms. The van der Waals surface area contributed by atoms with Crippen LogP contribution in [0.25, 0.3) is 71.3 Å². The van der Waals surface area contributed by atoms with Gasteiger partial charge in [0.15, 0.2) is 0 Å². The molecule has 2 heteroatoms. The molecular weight excluding hydrogens is 629 g/mol. The van der Waals surface area contributed by atoms with Crippen LogP contribution in [0.15, 0.2) is 194 Å². The summed E-state index contributed by atoms with van der Waals surface area (Å²) in [6.45, 7) is 0. The summed E-state index contributed by atoms with van der Waals surface area (Å²) in [6.07, 6.45) is 9.19. The van der Waals surface area contributed by atoms with E-state index in [4.69, 9.17) is 0 Å². The standard InChI is InChI=1S/C50H34N2/c1-2-13-33(14-3-1)34-16-12-17-38(29-34)51-46-23-10-8-21-42(46)44-30-35(25-27-48(44)51)36-26-28-49-45(31-36)43-22-9-11-24-47(43)52(49)50-32-37-15-4-5-18-39(37)40-19-6-7-20-41(40)50/h1-32,43,47H. The lowest BCUT2D eigenvalue weighted by atomic mass is 9.89. The van der Waals surface area contributed by atoms with Crippen molar-refractivity contribution in [3.8, 4) is 27.9 Å². The van der Waals surface area contributed by atoms with Crippen molar-refractivity contribution in [2.75, 3.05) is 4.90 Å². The molecule has 0 saturated heterocycles. The highest BCUT2D eigenvalue weighted by Gasteiger charge is 2.38. The fourth-order valence-electron chi connectivity index (χ4n) is 8.92. The molecule has 11 rings (SSSR count). The number of hydrogen-bond donors (Lipinski definition) is 0. The van der Waals surface area contributed by atoms with E-state index in [2.05, 4.69) is 204 Å². The Labute approximate surface area is 302 Å². The van der Waals surface area contributed by atoms with Gasteiger partial charge in [-0.2, -0.15) is 0 Å². The van der Waals surface area contributed by atoms with Gasteiger partial charge in [0.1, 0.15) is 0 Å². The maximum Gasteiger partial charge on any atom is 0.0629 e. The molecule has 52 heavy (non-hydrogen) atoms. The number of rotatable bonds is 4. The van der Waals surface area contributed by atoms with E-state index in [9.17, 15) is 0 Å². The van der Waals surface area contributed by atoms with Gasteiger partial charge in [-0.1, -0.05) is 146 Å². The van der Waals surface area contributed by atoms with Gasteiger partial charge in [0.25, 0.3) is 0 Å². The molecule has 0 saturated carbocycles. The summed E-state index contributed by atoms with van der Waals surface area (Å²) in [6, 6.07) is 62.7. The predicted octanol–water partition coefficient (Wildman–Crippen LogP) is 13.2. The molecule has 244 valence electrons. The second-order valence-electron chi connectivity index (χ2n) is 14.1. The van der Waals surface area contributed by atoms with Crippen molar-refractivity contribution in [3.05, 3.63) is 200 Å². The minimum absolute atomic E-state index is 0.215. The molecule has 2 atom stereocenters. The van der Waals surface area contributed by atoms with Crippen molar-refractivity contribution in [2.45, 2.75) is 12.0 Å². The Morgan fingerprint density at radius 1 is 0.385 bits per heavy atom. The molecule has 0 N–H and O–H groups in total. The summed E-state index contributed by atoms with van der Waals surface area (Å²) >= 11 is 0. The molecule has 2 unspecified atom stereocenters. The second-order valence-corrected chi connectivity index (χ2v) is 14.1. The summed E-state index contributed by atoms with van der Waals surface area (Å²) in [5.41, 5.74) is 12.4. The summed E-state index contributed by atoms with van der Waals surface area (Å²) in [7, 11) is 0. The van der Waals surface area contributed by atoms with Crippen LogP contribution < -0.4 is 4.90 Å². The molecule has 8 aromatic carbocycles. The van der Waals surface area contributed by atoms with E-state index >= 15 is 0 Å². The van der Waals surface area contributed by atoms with E-state index < -0.39 is 0 Å². The Kier molecular flexibility index (Phi) is 6.41. The van der Waals surface area contributed by atoms with Gasteiger partial charge in [0, 0.05) is 33.5 Å². The van der Waals surface area contributed by atoms with Crippen molar-refractivity contribution >= 4 is 54.7 Å². The molecule has 1 aromatic heterocycles. The topological polar surface area (TPSA) is 8.17 Å². The van der Waals surface area contributed by atoms with Gasteiger partial charge in [0.2, 0.25) is 0 Å². The second kappa shape index (κ2) is 11.4. The number of anilines is 2. The highest BCUT2D eigenvalue weighted by molar-refractivity contribution is 6.14. The van der Waals surface area contributed by atoms with Gasteiger partial charge in [-0.05, 0) is 92.5 Å². The third kappa shape index (κ3) is 4.37. The van der Waals surface area contributed by atoms with Crippen molar-refractivity contribution in [1.82, 2.24) is 4.57 Å². The van der Waals surface area contributed by atoms with Crippen LogP contribution in [-0.4, -0.2) is 10.6 Å². The Morgan fingerprint density at radius 2 is 1.06 bits per heavy atom. The lowest BCUT2D eigenvalue weighted by Crippen LogP contribution is -2.28. The molecule has 0 radical (unpaired) electrons. The zero-order valence-electron chi connectivity index (χ0n) is 28.5. The van der Waals surface area contributed by atoms with Gasteiger partial charge in [-0.3, -0.25) is 0 Å². The Hall–Kier alpha value is -6.64. The third-order valence-corrected chi connectivity index (χ3v) is 11.3. The summed E-state index contributed by atoms with van der Waals surface area (Å²) in [5, 5.41) is 7.69. The Morgan fingerprint density at radius 3 is 1.96 bits per heavy atom. The van der Waals surface area contributed by atoms with E-state index in [1.807, 2.05) is 0 Å². The van der Waals surface area contributed by atoms with Gasteiger partial charge in [0.05, 0.1) is 22.8 Å². The molecule has 9 aromatic rings. The molecule has 1 aliphatic heterocycles. The van der Waals surface area contributed by atoms with Crippen LogP contribution in [-0.2, 0) is 0 Å². The summed E-state index contributed by atoms with van der Waals surface area (Å²) in [4.78, 5) is 2.58. The average molecular weight is 663 g/mol. The first-order valence-electron chi connectivity index (χ1n) is 18.2. The fourth-order valence-corrected chi connectivity index (χ4v) is 8.92. The van der Waals surface area contributed by atoms with Crippen LogP contribution in [0, 0.1) is 0 Å². The van der Waals surface area contributed by atoms with Crippen LogP contribution >= 0.6 is 0 Å². The van der Waals surface area contributed by atoms with Gasteiger partial charge >= 0.3 is 0 Å². The Balaban J connectivity index is 1.05. The van der Waals surface area contributed by atoms with E-state index in [-0.39, 0.29) is 12.0 Å². The maximum atomic E-state index is 2.58. The van der Waals surface area contributed by atoms with Crippen LogP contribution in [0.1, 0.15) is 11.5 Å². The molecule has 1 aliphatic carbocycles. The number of allylic oxidation sites excluding steroid dienone is 2. The van der Waals surface area contributed by atoms with E-state index in [0.717, 1.165) is 0 Å². The highest BCUT2D eigenvalue weighted by Crippen LogP contribution is 2.51. The molecule has 2 nitrogen and oxygen atoms in total. The van der Waals surface area contributed by atoms with Gasteiger partial charge in [-0.25, -0.2) is 0 Å². The van der Waals surface area contributed by atoms with Gasteiger partial charge < -0.3 is 9.47 Å². The molecule has 0 fully saturated rings. The summed E-state index contributed by atoms with van der Waals surface area (Å²) in [5.74, 6) is 0.271. The highest BCUT2D eigenvalue weighted by atomic mass is 15.2. The van der Waals surface area contributed by atoms with E-state index in [0.29, 0.717) is 0 Å². The predicted molar refractivity (Wildman–Crippen MR) is 220 cm³/mol. The maximum absolute atomic E-state index is 2.58. The average Bonchev–Trinajstić information content (AvgIpc) is 3.73. The number of para-hydroxylation sites is 1. The monoisotopic (exact) mass is 662 g/mol. The van der Waals surface area contributed by atoms with Crippen LogP contribution in [0.2, 0.25) is 0 Å². The minimum atomic E-state index is 0.215. The zero-order valence-corrected chi connectivity index (χ0v) is 28.5. The van der Waals surface area contributed by atoms with Crippen molar-refractivity contribution < 1.29 is 0 Å². The van der Waals surface area contributed by atoms with Crippen LogP contribution in [0.3, 0.4) is 0 Å². The van der Waals surface area contributed by atoms with Crippen molar-refractivity contribution in [3.63, 3.8) is 0 Å². The van der Waals surface area contributed by atoms with Crippen molar-refractivity contribution in [2.24, 2.45) is 0 Å². The molecule has 2 heterocycles. The minimum Gasteiger partial charge on any atom is -0.333 e. The quantitative estimate of drug-likeness (QED) is 0.170. The third-order valence-electron chi connectivity index (χ3n) is 11.3. The Bertz CT molecular complexity index is 2930. The lowest BCUT2D eigenvalue weighted by molar-refractivity contribution is 0.746. The van der Waals surface area contributed by atoms with E-state index in [1.165, 1.54) is 88.2 Å². The molecule has 0 amide bonds. The van der Waals surface area contributed by atoms with Crippen molar-refractivity contribution in [1.29, 1.82) is 0 Å². The summed E-state index contributed by atoms with van der Waals surface area (Å²) < 4.78 is 2.42. The van der Waals surface area contributed by atoms with Crippen LogP contribution in [0.4, 0.5) is 11.4 Å². The van der Waals surface area contributed by atoms with Crippen LogP contribution in [0.5, 0.6) is 0 Å². The number of hydrogen-bond acceptors (Lipinski definition) is 1. The molecular formula is C50H34N2. The normalized spacial score (nSPS) is 16.3. The first-order chi connectivity index (χ1) is 25.8. The first-order valence-corrected chi connectivity index (χ1v) is 18.2. The number of fused-ring (bicyclic) bond motifs is 9. The molecule has 2 aliphatic rings. The number of benzene rings is 8. The fraction of sp³-hybridized carbons (Fsp3) is 0.0400. The SMILES string of the molecule is C1=CC2c3cc(-c4ccc5c(c4)c4ccccc4n5-c4cccc(-c5ccccc5)c4)ccc3N(c3cc4ccccc4c4ccccc34)C2C=C1. The smallest absolute Gasteiger partial charge is 0.0629 e. The number of aromatic nitrogens is 1. The first kappa shape index (κ1) is 29.1.